The molecule has 1 aromatic heterocycles. The summed E-state index contributed by atoms with van der Waals surface area (Å²) < 4.78 is 10.2. The molecule has 0 amide bonds. The van der Waals surface area contributed by atoms with Crippen molar-refractivity contribution in [3.8, 4) is 11.4 Å². The van der Waals surface area contributed by atoms with Crippen LogP contribution in [0.2, 0.25) is 5.02 Å². The Balaban J connectivity index is 1.67. The lowest BCUT2D eigenvalue weighted by Crippen LogP contribution is -2.08. The summed E-state index contributed by atoms with van der Waals surface area (Å²) in [5.41, 5.74) is 7.03. The number of anilines is 1. The van der Waals surface area contributed by atoms with E-state index < -0.39 is 5.97 Å². The second-order valence-corrected chi connectivity index (χ2v) is 5.12. The molecule has 0 saturated carbocycles. The summed E-state index contributed by atoms with van der Waals surface area (Å²) in [6.07, 6.45) is 0. The quantitative estimate of drug-likeness (QED) is 0.583. The molecule has 6 nitrogen and oxygen atoms in total. The van der Waals surface area contributed by atoms with E-state index in [0.29, 0.717) is 10.8 Å². The van der Waals surface area contributed by atoms with E-state index in [1.165, 1.54) is 12.1 Å². The first-order valence-corrected chi connectivity index (χ1v) is 7.11. The van der Waals surface area contributed by atoms with Gasteiger partial charge in [-0.3, -0.25) is 0 Å². The standard InChI is InChI=1S/C16H12ClN3O3/c17-11-6-7-12(13(18)8-11)16(21)22-9-14-19-15(20-23-14)10-4-2-1-3-5-10/h1-8H,9,18H2. The van der Waals surface area contributed by atoms with Gasteiger partial charge in [-0.05, 0) is 18.2 Å². The Morgan fingerprint density at radius 2 is 2.00 bits per heavy atom. The molecule has 3 rings (SSSR count). The van der Waals surface area contributed by atoms with Crippen molar-refractivity contribution in [3.63, 3.8) is 0 Å². The highest BCUT2D eigenvalue weighted by atomic mass is 35.5. The number of ether oxygens (including phenoxy) is 1. The molecule has 2 N–H and O–H groups in total. The summed E-state index contributed by atoms with van der Waals surface area (Å²) in [4.78, 5) is 16.2. The van der Waals surface area contributed by atoms with Crippen LogP contribution in [-0.4, -0.2) is 16.1 Å². The van der Waals surface area contributed by atoms with Crippen molar-refractivity contribution < 1.29 is 14.1 Å². The number of nitrogens with zero attached hydrogens (tertiary/aromatic N) is 2. The van der Waals surface area contributed by atoms with Crippen LogP contribution in [-0.2, 0) is 11.3 Å². The first kappa shape index (κ1) is 15.1. The molecular formula is C16H12ClN3O3. The molecule has 0 unspecified atom stereocenters. The lowest BCUT2D eigenvalue weighted by atomic mass is 10.2. The van der Waals surface area contributed by atoms with Gasteiger partial charge >= 0.3 is 5.97 Å². The Morgan fingerprint density at radius 1 is 1.22 bits per heavy atom. The van der Waals surface area contributed by atoms with E-state index in [0.717, 1.165) is 5.56 Å². The topological polar surface area (TPSA) is 91.2 Å². The predicted molar refractivity (Wildman–Crippen MR) is 84.7 cm³/mol. The van der Waals surface area contributed by atoms with E-state index in [2.05, 4.69) is 10.1 Å². The maximum Gasteiger partial charge on any atom is 0.340 e. The molecule has 0 spiro atoms. The number of nitrogen functional groups attached to an aromatic ring is 1. The molecule has 0 bridgehead atoms. The minimum Gasteiger partial charge on any atom is -0.452 e. The number of nitrogens with two attached hydrogens (primary N) is 1. The molecule has 23 heavy (non-hydrogen) atoms. The summed E-state index contributed by atoms with van der Waals surface area (Å²) in [5, 5.41) is 4.29. The van der Waals surface area contributed by atoms with E-state index in [1.54, 1.807) is 6.07 Å². The van der Waals surface area contributed by atoms with Gasteiger partial charge in [-0.15, -0.1) is 0 Å². The van der Waals surface area contributed by atoms with Crippen LogP contribution >= 0.6 is 11.6 Å². The number of halogens is 1. The second-order valence-electron chi connectivity index (χ2n) is 4.69. The van der Waals surface area contributed by atoms with Gasteiger partial charge in [0.05, 0.1) is 5.56 Å². The van der Waals surface area contributed by atoms with Crippen molar-refractivity contribution in [2.75, 3.05) is 5.73 Å². The van der Waals surface area contributed by atoms with E-state index >= 15 is 0 Å². The van der Waals surface area contributed by atoms with Crippen LogP contribution in [0, 0.1) is 0 Å². The Hall–Kier alpha value is -2.86. The molecule has 0 atom stereocenters. The van der Waals surface area contributed by atoms with Gasteiger partial charge in [-0.1, -0.05) is 47.1 Å². The zero-order valence-corrected chi connectivity index (χ0v) is 12.7. The molecular weight excluding hydrogens is 318 g/mol. The molecule has 0 radical (unpaired) electrons. The van der Waals surface area contributed by atoms with Gasteiger partial charge < -0.3 is 15.0 Å². The predicted octanol–water partition coefficient (Wildman–Crippen LogP) is 3.33. The Labute approximate surface area is 136 Å². The van der Waals surface area contributed by atoms with E-state index in [9.17, 15) is 4.79 Å². The molecule has 2 aromatic carbocycles. The summed E-state index contributed by atoms with van der Waals surface area (Å²) in [6.45, 7) is -0.138. The minimum absolute atomic E-state index is 0.138. The monoisotopic (exact) mass is 329 g/mol. The van der Waals surface area contributed by atoms with Gasteiger partial charge in [-0.2, -0.15) is 4.98 Å². The minimum atomic E-state index is -0.585. The van der Waals surface area contributed by atoms with Crippen molar-refractivity contribution in [1.29, 1.82) is 0 Å². The summed E-state index contributed by atoms with van der Waals surface area (Å²) in [5.74, 6) is 0.0472. The highest BCUT2D eigenvalue weighted by molar-refractivity contribution is 6.31. The first-order valence-electron chi connectivity index (χ1n) is 6.73. The number of rotatable bonds is 4. The number of carbonyl (C=O) groups is 1. The summed E-state index contributed by atoms with van der Waals surface area (Å²) in [6, 6.07) is 13.9. The van der Waals surface area contributed by atoms with E-state index in [4.69, 9.17) is 26.6 Å². The third-order valence-corrected chi connectivity index (χ3v) is 3.30. The SMILES string of the molecule is Nc1cc(Cl)ccc1C(=O)OCc1nc(-c2ccccc2)no1. The van der Waals surface area contributed by atoms with Gasteiger partial charge in [0.15, 0.2) is 6.61 Å². The average Bonchev–Trinajstić information content (AvgIpc) is 3.02. The van der Waals surface area contributed by atoms with Crippen LogP contribution in [0.1, 0.15) is 16.2 Å². The van der Waals surface area contributed by atoms with Gasteiger partial charge in [0, 0.05) is 16.3 Å². The number of aromatic nitrogens is 2. The van der Waals surface area contributed by atoms with Crippen LogP contribution in [0.4, 0.5) is 5.69 Å². The fraction of sp³-hybridized carbons (Fsp3) is 0.0625. The van der Waals surface area contributed by atoms with Gasteiger partial charge in [0.2, 0.25) is 5.82 Å². The fourth-order valence-electron chi connectivity index (χ4n) is 1.94. The molecule has 0 saturated heterocycles. The first-order chi connectivity index (χ1) is 11.1. The molecule has 7 heteroatoms. The van der Waals surface area contributed by atoms with Crippen LogP contribution in [0.3, 0.4) is 0 Å². The van der Waals surface area contributed by atoms with Gasteiger partial charge in [0.25, 0.3) is 5.89 Å². The Morgan fingerprint density at radius 3 is 2.74 bits per heavy atom. The van der Waals surface area contributed by atoms with Crippen molar-refractivity contribution in [1.82, 2.24) is 10.1 Å². The maximum absolute atomic E-state index is 12.0. The molecule has 116 valence electrons. The van der Waals surface area contributed by atoms with Crippen molar-refractivity contribution in [2.45, 2.75) is 6.61 Å². The van der Waals surface area contributed by atoms with Crippen molar-refractivity contribution in [3.05, 3.63) is 65.0 Å². The fourth-order valence-corrected chi connectivity index (χ4v) is 2.12. The smallest absolute Gasteiger partial charge is 0.340 e. The number of hydrogen-bond acceptors (Lipinski definition) is 6. The third-order valence-electron chi connectivity index (χ3n) is 3.06. The Bertz CT molecular complexity index is 834. The number of hydrogen-bond donors (Lipinski definition) is 1. The van der Waals surface area contributed by atoms with Crippen molar-refractivity contribution in [2.24, 2.45) is 0 Å². The molecule has 0 aliphatic heterocycles. The lowest BCUT2D eigenvalue weighted by Gasteiger charge is -2.05. The van der Waals surface area contributed by atoms with Gasteiger partial charge in [0.1, 0.15) is 0 Å². The normalized spacial score (nSPS) is 10.5. The van der Waals surface area contributed by atoms with Crippen LogP contribution < -0.4 is 5.73 Å². The number of esters is 1. The van der Waals surface area contributed by atoms with Crippen LogP contribution in [0.5, 0.6) is 0 Å². The summed E-state index contributed by atoms with van der Waals surface area (Å²) in [7, 11) is 0. The zero-order chi connectivity index (χ0) is 16.2. The van der Waals surface area contributed by atoms with Crippen LogP contribution in [0.25, 0.3) is 11.4 Å². The Kier molecular flexibility index (Phi) is 4.25. The zero-order valence-electron chi connectivity index (χ0n) is 11.9. The third kappa shape index (κ3) is 3.49. The number of carbonyl (C=O) groups excluding carboxylic acids is 1. The highest BCUT2D eigenvalue weighted by Gasteiger charge is 2.14. The lowest BCUT2D eigenvalue weighted by molar-refractivity contribution is 0.0431. The van der Waals surface area contributed by atoms with Crippen LogP contribution in [0.15, 0.2) is 53.1 Å². The van der Waals surface area contributed by atoms with Gasteiger partial charge in [-0.25, -0.2) is 4.79 Å². The maximum atomic E-state index is 12.0. The largest absolute Gasteiger partial charge is 0.452 e. The second kappa shape index (κ2) is 6.50. The average molecular weight is 330 g/mol. The molecule has 3 aromatic rings. The number of benzene rings is 2. The molecule has 0 fully saturated rings. The molecule has 0 aliphatic rings. The summed E-state index contributed by atoms with van der Waals surface area (Å²) >= 11 is 5.79. The molecule has 0 aliphatic carbocycles. The van der Waals surface area contributed by atoms with Crippen molar-refractivity contribution >= 4 is 23.3 Å². The molecule has 1 heterocycles. The highest BCUT2D eigenvalue weighted by Crippen LogP contribution is 2.20. The van der Waals surface area contributed by atoms with E-state index in [1.807, 2.05) is 30.3 Å². The van der Waals surface area contributed by atoms with E-state index in [-0.39, 0.29) is 23.7 Å².